The van der Waals surface area contributed by atoms with Gasteiger partial charge in [-0.05, 0) is 42.8 Å². The average molecular weight is 283 g/mol. The minimum atomic E-state index is -0.218. The van der Waals surface area contributed by atoms with Crippen molar-refractivity contribution in [1.82, 2.24) is 10.2 Å². The van der Waals surface area contributed by atoms with Crippen molar-refractivity contribution in [2.75, 3.05) is 5.32 Å². The summed E-state index contributed by atoms with van der Waals surface area (Å²) < 4.78 is 18.8. The lowest BCUT2D eigenvalue weighted by molar-refractivity contribution is 0.515. The van der Waals surface area contributed by atoms with Crippen molar-refractivity contribution in [3.05, 3.63) is 65.8 Å². The molecule has 106 valence electrons. The van der Waals surface area contributed by atoms with E-state index in [-0.39, 0.29) is 5.82 Å². The molecule has 2 aromatic carbocycles. The molecule has 0 saturated heterocycles. The highest BCUT2D eigenvalue weighted by molar-refractivity contribution is 5.52. The van der Waals surface area contributed by atoms with Gasteiger partial charge in [-0.15, -0.1) is 10.2 Å². The number of aryl methyl sites for hydroxylation is 1. The van der Waals surface area contributed by atoms with Crippen LogP contribution in [-0.4, -0.2) is 10.2 Å². The van der Waals surface area contributed by atoms with Crippen LogP contribution in [0.1, 0.15) is 11.5 Å². The third kappa shape index (κ3) is 3.08. The van der Waals surface area contributed by atoms with Crippen LogP contribution in [0.15, 0.2) is 52.9 Å². The van der Waals surface area contributed by atoms with E-state index in [1.54, 1.807) is 19.1 Å². The summed E-state index contributed by atoms with van der Waals surface area (Å²) in [6, 6.07) is 14.4. The van der Waals surface area contributed by atoms with Gasteiger partial charge in [0.1, 0.15) is 5.82 Å². The highest BCUT2D eigenvalue weighted by Gasteiger charge is 2.08. The highest BCUT2D eigenvalue weighted by Crippen LogP contribution is 2.18. The molecule has 0 amide bonds. The largest absolute Gasteiger partial charge is 0.419 e. The van der Waals surface area contributed by atoms with E-state index in [1.807, 2.05) is 30.3 Å². The second-order valence-corrected chi connectivity index (χ2v) is 4.68. The zero-order chi connectivity index (χ0) is 14.7. The first-order valence-corrected chi connectivity index (χ1v) is 6.60. The van der Waals surface area contributed by atoms with Gasteiger partial charge in [-0.3, -0.25) is 0 Å². The number of halogens is 1. The number of nitrogens with one attached hydrogen (secondary N) is 1. The summed E-state index contributed by atoms with van der Waals surface area (Å²) >= 11 is 0. The third-order valence-corrected chi connectivity index (χ3v) is 3.09. The molecule has 0 aliphatic rings. The van der Waals surface area contributed by atoms with E-state index in [1.165, 1.54) is 6.07 Å². The second kappa shape index (κ2) is 5.75. The molecule has 0 unspecified atom stereocenters. The average Bonchev–Trinajstić information content (AvgIpc) is 2.98. The SMILES string of the molecule is Cc1cc(NCc2nnc(-c3ccccc3)o2)ccc1F. The van der Waals surface area contributed by atoms with Gasteiger partial charge in [0.15, 0.2) is 0 Å². The molecule has 21 heavy (non-hydrogen) atoms. The van der Waals surface area contributed by atoms with E-state index >= 15 is 0 Å². The lowest BCUT2D eigenvalue weighted by Crippen LogP contribution is -2.00. The predicted molar refractivity (Wildman–Crippen MR) is 78.2 cm³/mol. The smallest absolute Gasteiger partial charge is 0.247 e. The van der Waals surface area contributed by atoms with Crippen molar-refractivity contribution in [1.29, 1.82) is 0 Å². The van der Waals surface area contributed by atoms with Gasteiger partial charge >= 0.3 is 0 Å². The second-order valence-electron chi connectivity index (χ2n) is 4.68. The molecular weight excluding hydrogens is 269 g/mol. The maximum Gasteiger partial charge on any atom is 0.247 e. The van der Waals surface area contributed by atoms with Gasteiger partial charge in [-0.1, -0.05) is 18.2 Å². The monoisotopic (exact) mass is 283 g/mol. The van der Waals surface area contributed by atoms with Crippen LogP contribution in [0.4, 0.5) is 10.1 Å². The van der Waals surface area contributed by atoms with Crippen LogP contribution in [0.2, 0.25) is 0 Å². The topological polar surface area (TPSA) is 51.0 Å². The first-order chi connectivity index (χ1) is 10.2. The molecule has 0 aliphatic heterocycles. The summed E-state index contributed by atoms with van der Waals surface area (Å²) in [4.78, 5) is 0. The lowest BCUT2D eigenvalue weighted by atomic mass is 10.2. The summed E-state index contributed by atoms with van der Waals surface area (Å²) in [7, 11) is 0. The van der Waals surface area contributed by atoms with Gasteiger partial charge in [0, 0.05) is 11.3 Å². The molecule has 0 radical (unpaired) electrons. The Labute approximate surface area is 121 Å². The maximum absolute atomic E-state index is 13.2. The van der Waals surface area contributed by atoms with E-state index < -0.39 is 0 Å². The van der Waals surface area contributed by atoms with Crippen molar-refractivity contribution >= 4 is 5.69 Å². The van der Waals surface area contributed by atoms with Crippen LogP contribution < -0.4 is 5.32 Å². The first kappa shape index (κ1) is 13.3. The standard InChI is InChI=1S/C16H14FN3O/c1-11-9-13(7-8-14(11)17)18-10-15-19-20-16(21-15)12-5-3-2-4-6-12/h2-9,18H,10H2,1H3. The fourth-order valence-corrected chi connectivity index (χ4v) is 1.95. The van der Waals surface area contributed by atoms with Gasteiger partial charge in [0.2, 0.25) is 11.8 Å². The molecule has 4 nitrogen and oxygen atoms in total. The van der Waals surface area contributed by atoms with Gasteiger partial charge in [0.05, 0.1) is 6.54 Å². The van der Waals surface area contributed by atoms with Crippen molar-refractivity contribution in [2.24, 2.45) is 0 Å². The number of rotatable bonds is 4. The van der Waals surface area contributed by atoms with E-state index in [2.05, 4.69) is 15.5 Å². The Kier molecular flexibility index (Phi) is 3.64. The summed E-state index contributed by atoms with van der Waals surface area (Å²) in [5.41, 5.74) is 2.29. The van der Waals surface area contributed by atoms with Gasteiger partial charge in [0.25, 0.3) is 0 Å². The predicted octanol–water partition coefficient (Wildman–Crippen LogP) is 3.80. The molecule has 3 aromatic rings. The molecular formula is C16H14FN3O. The Morgan fingerprint density at radius 2 is 1.90 bits per heavy atom. The van der Waals surface area contributed by atoms with Gasteiger partial charge in [-0.2, -0.15) is 0 Å². The molecule has 0 spiro atoms. The molecule has 3 rings (SSSR count). The summed E-state index contributed by atoms with van der Waals surface area (Å²) in [6.07, 6.45) is 0. The van der Waals surface area contributed by atoms with Gasteiger partial charge in [-0.25, -0.2) is 4.39 Å². The van der Waals surface area contributed by atoms with Crippen LogP contribution >= 0.6 is 0 Å². The molecule has 0 fully saturated rings. The third-order valence-electron chi connectivity index (χ3n) is 3.09. The van der Waals surface area contributed by atoms with Crippen molar-refractivity contribution in [3.8, 4) is 11.5 Å². The Balaban J connectivity index is 1.69. The molecule has 1 aromatic heterocycles. The van der Waals surface area contributed by atoms with Crippen LogP contribution in [0.3, 0.4) is 0 Å². The molecule has 5 heteroatoms. The molecule has 0 atom stereocenters. The summed E-state index contributed by atoms with van der Waals surface area (Å²) in [6.45, 7) is 2.12. The number of anilines is 1. The van der Waals surface area contributed by atoms with Crippen molar-refractivity contribution < 1.29 is 8.81 Å². The van der Waals surface area contributed by atoms with Crippen molar-refractivity contribution in [3.63, 3.8) is 0 Å². The van der Waals surface area contributed by atoms with Crippen LogP contribution in [-0.2, 0) is 6.54 Å². The molecule has 1 N–H and O–H groups in total. The molecule has 0 aliphatic carbocycles. The first-order valence-electron chi connectivity index (χ1n) is 6.60. The number of aromatic nitrogens is 2. The van der Waals surface area contributed by atoms with E-state index in [4.69, 9.17) is 4.42 Å². The maximum atomic E-state index is 13.2. The Hall–Kier alpha value is -2.69. The summed E-state index contributed by atoms with van der Waals surface area (Å²) in [5.74, 6) is 0.753. The van der Waals surface area contributed by atoms with E-state index in [9.17, 15) is 4.39 Å². The quantitative estimate of drug-likeness (QED) is 0.791. The zero-order valence-corrected chi connectivity index (χ0v) is 11.5. The molecule has 0 saturated carbocycles. The lowest BCUT2D eigenvalue weighted by Gasteiger charge is -2.04. The Morgan fingerprint density at radius 1 is 1.10 bits per heavy atom. The fraction of sp³-hybridized carbons (Fsp3) is 0.125. The van der Waals surface area contributed by atoms with Crippen LogP contribution in [0.25, 0.3) is 11.5 Å². The van der Waals surface area contributed by atoms with Crippen molar-refractivity contribution in [2.45, 2.75) is 13.5 Å². The highest BCUT2D eigenvalue weighted by atomic mass is 19.1. The Morgan fingerprint density at radius 3 is 2.67 bits per heavy atom. The molecule has 1 heterocycles. The van der Waals surface area contributed by atoms with Gasteiger partial charge < -0.3 is 9.73 Å². The van der Waals surface area contributed by atoms with E-state index in [0.29, 0.717) is 23.9 Å². The Bertz CT molecular complexity index is 740. The minimum Gasteiger partial charge on any atom is -0.419 e. The number of nitrogens with zero attached hydrogens (tertiary/aromatic N) is 2. The minimum absolute atomic E-state index is 0.218. The normalized spacial score (nSPS) is 10.6. The number of benzene rings is 2. The van der Waals surface area contributed by atoms with E-state index in [0.717, 1.165) is 11.3 Å². The number of hydrogen-bond donors (Lipinski definition) is 1. The summed E-state index contributed by atoms with van der Waals surface area (Å²) in [5, 5.41) is 11.1. The number of hydrogen-bond acceptors (Lipinski definition) is 4. The van der Waals surface area contributed by atoms with Crippen LogP contribution in [0, 0.1) is 12.7 Å². The molecule has 0 bridgehead atoms. The zero-order valence-electron chi connectivity index (χ0n) is 11.5. The fourth-order valence-electron chi connectivity index (χ4n) is 1.95. The van der Waals surface area contributed by atoms with Crippen LogP contribution in [0.5, 0.6) is 0 Å².